The van der Waals surface area contributed by atoms with Gasteiger partial charge in [-0.05, 0) is 54.3 Å². The Kier molecular flexibility index (Phi) is 7.50. The van der Waals surface area contributed by atoms with Gasteiger partial charge in [-0.3, -0.25) is 9.10 Å². The van der Waals surface area contributed by atoms with Crippen molar-refractivity contribution in [2.45, 2.75) is 54.9 Å². The van der Waals surface area contributed by atoms with Crippen molar-refractivity contribution >= 4 is 22.6 Å². The zero-order chi connectivity index (χ0) is 27.8. The van der Waals surface area contributed by atoms with Gasteiger partial charge in [0.1, 0.15) is 12.2 Å². The maximum absolute atomic E-state index is 13.6. The maximum atomic E-state index is 13.6. The molecule has 1 aromatic heterocycles. The summed E-state index contributed by atoms with van der Waals surface area (Å²) < 4.78 is 113. The minimum absolute atomic E-state index is 0.00151. The minimum atomic E-state index is -5.58. The highest BCUT2D eigenvalue weighted by atomic mass is 32.2. The van der Waals surface area contributed by atoms with Gasteiger partial charge in [-0.25, -0.2) is 8.60 Å². The van der Waals surface area contributed by atoms with Crippen LogP contribution in [0.2, 0.25) is 0 Å². The van der Waals surface area contributed by atoms with Crippen LogP contribution in [-0.2, 0) is 35.0 Å². The molecule has 0 spiro atoms. The number of alkyl halides is 6. The second-order valence-electron chi connectivity index (χ2n) is 8.49. The highest BCUT2D eigenvalue weighted by molar-refractivity contribution is 7.86. The standard InChI is InChI=1S/C23H18F7N3O4S/c24-14-3-6-16(7-4-14)38(36)33-15(10-18-31-32-19(37-18)11-20(34)35)5-1-12-9-13(2-8-17(12)33)21(22(25,26)27)23(28,29)30/h2-4,6-9,15,21H,1,5,10-11H2,(H,34,35)/t15-,38?/m0/s1. The summed E-state index contributed by atoms with van der Waals surface area (Å²) in [5.41, 5.74) is -0.754. The Hall–Kier alpha value is -3.49. The summed E-state index contributed by atoms with van der Waals surface area (Å²) in [5.74, 6) is -5.68. The molecule has 2 aromatic carbocycles. The van der Waals surface area contributed by atoms with Crippen LogP contribution in [0.4, 0.5) is 36.4 Å². The normalized spacial score (nSPS) is 16.9. The first-order valence-corrected chi connectivity index (χ1v) is 12.1. The van der Waals surface area contributed by atoms with Crippen LogP contribution in [-0.4, -0.2) is 43.9 Å². The third-order valence-corrected chi connectivity index (χ3v) is 7.35. The molecule has 0 amide bonds. The van der Waals surface area contributed by atoms with Gasteiger partial charge < -0.3 is 9.52 Å². The van der Waals surface area contributed by atoms with E-state index in [4.69, 9.17) is 9.52 Å². The van der Waals surface area contributed by atoms with Crippen LogP contribution in [0.15, 0.2) is 51.8 Å². The summed E-state index contributed by atoms with van der Waals surface area (Å²) in [5, 5.41) is 16.3. The lowest BCUT2D eigenvalue weighted by atomic mass is 9.90. The molecule has 38 heavy (non-hydrogen) atoms. The van der Waals surface area contributed by atoms with E-state index in [9.17, 15) is 39.7 Å². The number of benzene rings is 2. The Morgan fingerprint density at radius 1 is 1.05 bits per heavy atom. The first-order chi connectivity index (χ1) is 17.7. The summed E-state index contributed by atoms with van der Waals surface area (Å²) >= 11 is 0. The molecule has 1 N–H and O–H groups in total. The number of halogens is 7. The zero-order valence-corrected chi connectivity index (χ0v) is 19.9. The predicted molar refractivity (Wildman–Crippen MR) is 118 cm³/mol. The Labute approximate surface area is 212 Å². The lowest BCUT2D eigenvalue weighted by Gasteiger charge is -2.37. The quantitative estimate of drug-likeness (QED) is 0.399. The average Bonchev–Trinajstić information content (AvgIpc) is 3.23. The summed E-state index contributed by atoms with van der Waals surface area (Å²) in [6.45, 7) is 0. The van der Waals surface area contributed by atoms with Gasteiger partial charge in [0.25, 0.3) is 0 Å². The monoisotopic (exact) mass is 565 g/mol. The number of aromatic nitrogens is 2. The Bertz CT molecular complexity index is 1330. The highest BCUT2D eigenvalue weighted by Crippen LogP contribution is 2.48. The third-order valence-electron chi connectivity index (χ3n) is 5.82. The number of aliphatic carboxylic acids is 1. The number of fused-ring (bicyclic) bond motifs is 1. The predicted octanol–water partition coefficient (Wildman–Crippen LogP) is 5.13. The van der Waals surface area contributed by atoms with Crippen LogP contribution in [0.3, 0.4) is 0 Å². The summed E-state index contributed by atoms with van der Waals surface area (Å²) in [7, 11) is -2.06. The SMILES string of the molecule is O=C(O)Cc1nnc(C[C@@H]2CCc3cc(C(C(F)(F)F)C(F)(F)F)ccc3N2S(=O)c2ccc(F)cc2)o1. The van der Waals surface area contributed by atoms with Crippen molar-refractivity contribution in [3.05, 3.63) is 71.2 Å². The molecular weight excluding hydrogens is 547 g/mol. The van der Waals surface area contributed by atoms with Crippen LogP contribution in [0.1, 0.15) is 35.2 Å². The van der Waals surface area contributed by atoms with Crippen molar-refractivity contribution in [3.63, 3.8) is 0 Å². The van der Waals surface area contributed by atoms with E-state index in [1.54, 1.807) is 0 Å². The molecule has 2 atom stereocenters. The highest BCUT2D eigenvalue weighted by Gasteiger charge is 2.57. The molecule has 0 saturated carbocycles. The summed E-state index contributed by atoms with van der Waals surface area (Å²) in [6, 6.07) is 6.47. The van der Waals surface area contributed by atoms with Crippen molar-refractivity contribution in [3.8, 4) is 0 Å². The Morgan fingerprint density at radius 2 is 1.68 bits per heavy atom. The number of carbonyl (C=O) groups is 1. The van der Waals surface area contributed by atoms with Gasteiger partial charge in [-0.2, -0.15) is 26.3 Å². The Balaban J connectivity index is 1.73. The second-order valence-corrected chi connectivity index (χ2v) is 9.85. The van der Waals surface area contributed by atoms with Crippen molar-refractivity contribution in [1.29, 1.82) is 0 Å². The third kappa shape index (κ3) is 5.97. The fraction of sp³-hybridized carbons (Fsp3) is 0.348. The van der Waals surface area contributed by atoms with Gasteiger partial charge in [0.15, 0.2) is 16.9 Å². The van der Waals surface area contributed by atoms with E-state index in [0.717, 1.165) is 24.3 Å². The smallest absolute Gasteiger partial charge is 0.404 e. The van der Waals surface area contributed by atoms with E-state index >= 15 is 0 Å². The fourth-order valence-electron chi connectivity index (χ4n) is 4.25. The van der Waals surface area contributed by atoms with Gasteiger partial charge in [0, 0.05) is 6.42 Å². The average molecular weight is 565 g/mol. The molecule has 15 heteroatoms. The fourth-order valence-corrected chi connectivity index (χ4v) is 5.65. The molecule has 1 aliphatic heterocycles. The number of nitrogens with zero attached hydrogens (tertiary/aromatic N) is 3. The number of carboxylic acid groups (broad SMARTS) is 1. The van der Waals surface area contributed by atoms with Crippen molar-refractivity contribution in [2.75, 3.05) is 4.31 Å². The second kappa shape index (κ2) is 10.3. The van der Waals surface area contributed by atoms with Crippen LogP contribution in [0.25, 0.3) is 0 Å². The van der Waals surface area contributed by atoms with Crippen LogP contribution in [0, 0.1) is 5.82 Å². The number of carboxylic acids is 1. The first-order valence-electron chi connectivity index (χ1n) is 11.0. The summed E-state index contributed by atoms with van der Waals surface area (Å²) in [4.78, 5) is 11.0. The molecule has 2 heterocycles. The van der Waals surface area contributed by atoms with E-state index in [-0.39, 0.29) is 47.2 Å². The van der Waals surface area contributed by atoms with E-state index in [2.05, 4.69) is 10.2 Å². The maximum Gasteiger partial charge on any atom is 0.404 e. The first kappa shape index (κ1) is 27.5. The molecule has 0 bridgehead atoms. The van der Waals surface area contributed by atoms with Gasteiger partial charge in [-0.15, -0.1) is 10.2 Å². The number of rotatable bonds is 7. The minimum Gasteiger partial charge on any atom is -0.481 e. The number of anilines is 1. The molecule has 1 aliphatic rings. The van der Waals surface area contributed by atoms with Crippen LogP contribution >= 0.6 is 0 Å². The van der Waals surface area contributed by atoms with Crippen LogP contribution < -0.4 is 4.31 Å². The van der Waals surface area contributed by atoms with Crippen LogP contribution in [0.5, 0.6) is 0 Å². The van der Waals surface area contributed by atoms with Gasteiger partial charge >= 0.3 is 18.3 Å². The van der Waals surface area contributed by atoms with Gasteiger partial charge in [-0.1, -0.05) is 12.1 Å². The molecule has 204 valence electrons. The van der Waals surface area contributed by atoms with E-state index in [0.29, 0.717) is 6.07 Å². The van der Waals surface area contributed by atoms with Crippen molar-refractivity contribution in [2.24, 2.45) is 0 Å². The Morgan fingerprint density at radius 3 is 2.29 bits per heavy atom. The molecule has 7 nitrogen and oxygen atoms in total. The molecule has 0 radical (unpaired) electrons. The lowest BCUT2D eigenvalue weighted by molar-refractivity contribution is -0.253. The molecule has 0 fully saturated rings. The number of hydrogen-bond acceptors (Lipinski definition) is 5. The zero-order valence-electron chi connectivity index (χ0n) is 19.1. The molecule has 1 unspecified atom stereocenters. The van der Waals surface area contributed by atoms with Crippen molar-refractivity contribution < 1.29 is 49.3 Å². The molecular formula is C23H18F7N3O4S. The van der Waals surface area contributed by atoms with E-state index < -0.39 is 59.1 Å². The van der Waals surface area contributed by atoms with E-state index in [1.165, 1.54) is 16.4 Å². The largest absolute Gasteiger partial charge is 0.481 e. The number of aryl methyl sites for hydroxylation is 1. The number of hydrogen-bond donors (Lipinski definition) is 1. The van der Waals surface area contributed by atoms with Gasteiger partial charge in [0.05, 0.1) is 16.6 Å². The molecule has 0 saturated heterocycles. The topological polar surface area (TPSA) is 96.5 Å². The molecule has 0 aliphatic carbocycles. The molecule has 3 aromatic rings. The summed E-state index contributed by atoms with van der Waals surface area (Å²) in [6.07, 6.45) is -11.6. The lowest BCUT2D eigenvalue weighted by Crippen LogP contribution is -2.42. The van der Waals surface area contributed by atoms with Crippen molar-refractivity contribution in [1.82, 2.24) is 10.2 Å². The van der Waals surface area contributed by atoms with E-state index in [1.807, 2.05) is 0 Å². The van der Waals surface area contributed by atoms with Gasteiger partial charge in [0.2, 0.25) is 11.8 Å². The molecule has 4 rings (SSSR count).